The van der Waals surface area contributed by atoms with Crippen molar-refractivity contribution in [2.24, 2.45) is 0 Å². The van der Waals surface area contributed by atoms with Crippen LogP contribution < -0.4 is 0 Å². The molecule has 0 aliphatic rings. The zero-order chi connectivity index (χ0) is 14.5. The molecule has 0 amide bonds. The molecule has 0 saturated heterocycles. The Kier molecular flexibility index (Phi) is 8.24. The molecule has 0 aliphatic heterocycles. The lowest BCUT2D eigenvalue weighted by atomic mass is 10.1. The first kappa shape index (κ1) is 15.7. The molecule has 1 rings (SSSR count). The number of unbranched alkanes of at least 4 members (excludes halogenated alkanes) is 4. The van der Waals surface area contributed by atoms with Gasteiger partial charge in [-0.1, -0.05) is 24.8 Å². The Morgan fingerprint density at radius 3 is 2.85 bits per heavy atom. The number of carbonyl (C=O) groups is 1. The van der Waals surface area contributed by atoms with Gasteiger partial charge in [0.2, 0.25) is 0 Å². The second-order valence-corrected chi connectivity index (χ2v) is 4.25. The number of furan rings is 1. The molecule has 0 aliphatic carbocycles. The molecule has 104 valence electrons. The lowest BCUT2D eigenvalue weighted by molar-refractivity contribution is -0.137. The third-order valence-electron chi connectivity index (χ3n) is 2.55. The molecule has 1 N–H and O–H groups in total. The molecule has 1 aromatic heterocycles. The minimum absolute atomic E-state index is 0.273. The maximum atomic E-state index is 10.3. The van der Waals surface area contributed by atoms with Crippen LogP contribution in [-0.4, -0.2) is 11.1 Å². The van der Waals surface area contributed by atoms with Crippen LogP contribution in [-0.2, 0) is 4.79 Å². The summed E-state index contributed by atoms with van der Waals surface area (Å²) in [6.07, 6.45) is 10.5. The Balaban J connectivity index is 2.04. The lowest BCUT2D eigenvalue weighted by Gasteiger charge is -1.96. The van der Waals surface area contributed by atoms with Gasteiger partial charge in [-0.05, 0) is 55.2 Å². The number of aliphatic carboxylic acids is 1. The highest BCUT2D eigenvalue weighted by Crippen LogP contribution is 2.05. The van der Waals surface area contributed by atoms with Crippen molar-refractivity contribution < 1.29 is 14.3 Å². The van der Waals surface area contributed by atoms with Gasteiger partial charge in [-0.15, -0.1) is 0 Å². The summed E-state index contributed by atoms with van der Waals surface area (Å²) in [5.74, 6) is 11.0. The molecular weight excluding hydrogens is 252 g/mol. The minimum atomic E-state index is -0.712. The van der Waals surface area contributed by atoms with E-state index >= 15 is 0 Å². The van der Waals surface area contributed by atoms with E-state index in [9.17, 15) is 4.79 Å². The summed E-state index contributed by atoms with van der Waals surface area (Å²) in [5, 5.41) is 8.47. The van der Waals surface area contributed by atoms with Gasteiger partial charge in [0.05, 0.1) is 6.26 Å². The standard InChI is InChI=1S/C17H18O3/c18-17(19)14-10-8-6-4-2-1-3-5-7-9-12-16-13-11-15-20-16/h1,3,11,13,15H,2,4,6,8,10,14H2,(H,18,19). The van der Waals surface area contributed by atoms with E-state index in [0.717, 1.165) is 32.1 Å². The molecule has 0 fully saturated rings. The van der Waals surface area contributed by atoms with Crippen LogP contribution in [0.5, 0.6) is 0 Å². The van der Waals surface area contributed by atoms with Crippen LogP contribution in [0.1, 0.15) is 44.3 Å². The zero-order valence-corrected chi connectivity index (χ0v) is 11.4. The molecule has 3 nitrogen and oxygen atoms in total. The summed E-state index contributed by atoms with van der Waals surface area (Å²) < 4.78 is 5.04. The first-order valence-electron chi connectivity index (χ1n) is 6.71. The van der Waals surface area contributed by atoms with Gasteiger partial charge in [0, 0.05) is 6.42 Å². The predicted octanol–water partition coefficient (Wildman–Crippen LogP) is 3.62. The molecule has 0 aromatic carbocycles. The number of hydrogen-bond acceptors (Lipinski definition) is 2. The van der Waals surface area contributed by atoms with Gasteiger partial charge in [0.1, 0.15) is 0 Å². The Labute approximate surface area is 119 Å². The van der Waals surface area contributed by atoms with Gasteiger partial charge < -0.3 is 9.52 Å². The van der Waals surface area contributed by atoms with Gasteiger partial charge in [0.15, 0.2) is 5.76 Å². The highest BCUT2D eigenvalue weighted by atomic mass is 16.4. The van der Waals surface area contributed by atoms with E-state index in [0.29, 0.717) is 5.76 Å². The van der Waals surface area contributed by atoms with Gasteiger partial charge in [-0.25, -0.2) is 0 Å². The van der Waals surface area contributed by atoms with Crippen molar-refractivity contribution in [3.63, 3.8) is 0 Å². The number of carboxylic acids is 1. The average molecular weight is 270 g/mol. The van der Waals surface area contributed by atoms with E-state index < -0.39 is 5.97 Å². The molecule has 0 bridgehead atoms. The number of carboxylic acid groups (broad SMARTS) is 1. The summed E-state index contributed by atoms with van der Waals surface area (Å²) in [6.45, 7) is 0. The summed E-state index contributed by atoms with van der Waals surface area (Å²) >= 11 is 0. The van der Waals surface area contributed by atoms with Crippen molar-refractivity contribution >= 4 is 5.97 Å². The van der Waals surface area contributed by atoms with Crippen molar-refractivity contribution in [2.45, 2.75) is 38.5 Å². The van der Waals surface area contributed by atoms with E-state index in [2.05, 4.69) is 23.7 Å². The SMILES string of the molecule is O=C(O)CCCCCCC=CC#CC#Cc1ccco1. The molecule has 0 spiro atoms. The third-order valence-corrected chi connectivity index (χ3v) is 2.55. The van der Waals surface area contributed by atoms with Gasteiger partial charge in [0.25, 0.3) is 0 Å². The van der Waals surface area contributed by atoms with E-state index in [1.165, 1.54) is 0 Å². The van der Waals surface area contributed by atoms with Gasteiger partial charge in [-0.3, -0.25) is 4.79 Å². The van der Waals surface area contributed by atoms with Crippen LogP contribution in [0.2, 0.25) is 0 Å². The molecule has 1 heterocycles. The first-order chi connectivity index (χ1) is 9.79. The highest BCUT2D eigenvalue weighted by Gasteiger charge is 1.95. The van der Waals surface area contributed by atoms with E-state index in [-0.39, 0.29) is 6.42 Å². The molecular formula is C17H18O3. The fourth-order valence-corrected chi connectivity index (χ4v) is 1.55. The van der Waals surface area contributed by atoms with Crippen LogP contribution in [0.4, 0.5) is 0 Å². The van der Waals surface area contributed by atoms with Gasteiger partial charge >= 0.3 is 5.97 Å². The normalized spacial score (nSPS) is 9.60. The van der Waals surface area contributed by atoms with Crippen LogP contribution in [0.3, 0.4) is 0 Å². The maximum Gasteiger partial charge on any atom is 0.303 e. The van der Waals surface area contributed by atoms with Crippen LogP contribution in [0, 0.1) is 23.7 Å². The van der Waals surface area contributed by atoms with Crippen molar-refractivity contribution in [3.8, 4) is 23.7 Å². The van der Waals surface area contributed by atoms with E-state index in [1.807, 2.05) is 6.08 Å². The van der Waals surface area contributed by atoms with Crippen molar-refractivity contribution in [1.29, 1.82) is 0 Å². The molecule has 0 radical (unpaired) electrons. The zero-order valence-electron chi connectivity index (χ0n) is 11.4. The third kappa shape index (κ3) is 8.66. The molecule has 0 atom stereocenters. The fraction of sp³-hybridized carbons (Fsp3) is 0.353. The molecule has 0 unspecified atom stereocenters. The summed E-state index contributed by atoms with van der Waals surface area (Å²) in [5.41, 5.74) is 0. The highest BCUT2D eigenvalue weighted by molar-refractivity contribution is 5.66. The average Bonchev–Trinajstić information content (AvgIpc) is 2.93. The smallest absolute Gasteiger partial charge is 0.303 e. The molecule has 20 heavy (non-hydrogen) atoms. The number of allylic oxidation sites excluding steroid dienone is 2. The Morgan fingerprint density at radius 2 is 2.10 bits per heavy atom. The lowest BCUT2D eigenvalue weighted by Crippen LogP contribution is -1.93. The Hall–Kier alpha value is -2.39. The summed E-state index contributed by atoms with van der Waals surface area (Å²) in [6, 6.07) is 3.57. The molecule has 3 heteroatoms. The second kappa shape index (κ2) is 10.5. The fourth-order valence-electron chi connectivity index (χ4n) is 1.55. The van der Waals surface area contributed by atoms with Crippen LogP contribution in [0.25, 0.3) is 0 Å². The number of rotatable bonds is 7. The van der Waals surface area contributed by atoms with Crippen molar-refractivity contribution in [3.05, 3.63) is 36.3 Å². The van der Waals surface area contributed by atoms with E-state index in [1.54, 1.807) is 24.5 Å². The predicted molar refractivity (Wildman–Crippen MR) is 77.8 cm³/mol. The van der Waals surface area contributed by atoms with Crippen LogP contribution >= 0.6 is 0 Å². The first-order valence-corrected chi connectivity index (χ1v) is 6.71. The summed E-state index contributed by atoms with van der Waals surface area (Å²) in [7, 11) is 0. The maximum absolute atomic E-state index is 10.3. The number of hydrogen-bond donors (Lipinski definition) is 1. The van der Waals surface area contributed by atoms with Crippen LogP contribution in [0.15, 0.2) is 35.0 Å². The summed E-state index contributed by atoms with van der Waals surface area (Å²) in [4.78, 5) is 10.3. The largest absolute Gasteiger partial charge is 0.481 e. The van der Waals surface area contributed by atoms with E-state index in [4.69, 9.17) is 9.52 Å². The topological polar surface area (TPSA) is 50.4 Å². The minimum Gasteiger partial charge on any atom is -0.481 e. The second-order valence-electron chi connectivity index (χ2n) is 4.25. The Morgan fingerprint density at radius 1 is 1.25 bits per heavy atom. The monoisotopic (exact) mass is 270 g/mol. The quantitative estimate of drug-likeness (QED) is 0.608. The molecule has 1 aromatic rings. The van der Waals surface area contributed by atoms with Crippen molar-refractivity contribution in [2.75, 3.05) is 0 Å². The van der Waals surface area contributed by atoms with Crippen molar-refractivity contribution in [1.82, 2.24) is 0 Å². The molecule has 0 saturated carbocycles. The Bertz CT molecular complexity index is 530. The van der Waals surface area contributed by atoms with Gasteiger partial charge in [-0.2, -0.15) is 0 Å².